The van der Waals surface area contributed by atoms with Crippen molar-refractivity contribution in [3.05, 3.63) is 125 Å². The van der Waals surface area contributed by atoms with Crippen LogP contribution in [-0.4, -0.2) is 15.3 Å². The number of phenols is 3. The Kier molecular flexibility index (Phi) is 6.65. The maximum absolute atomic E-state index is 9.77. The largest absolute Gasteiger partial charge is 0.508 e. The van der Waals surface area contributed by atoms with Crippen molar-refractivity contribution >= 4 is 0 Å². The molecule has 0 saturated heterocycles. The first kappa shape index (κ1) is 23.4. The third-order valence-corrected chi connectivity index (χ3v) is 7.20. The molecule has 0 saturated carbocycles. The fourth-order valence-corrected chi connectivity index (χ4v) is 4.58. The smallest absolute Gasteiger partial charge is 0.115 e. The fourth-order valence-electron chi connectivity index (χ4n) is 4.58. The summed E-state index contributed by atoms with van der Waals surface area (Å²) in [4.78, 5) is 0. The SMILES string of the molecule is CC(c1ccc(C(Cc2ccc(O)cc2)c2ccc(O)cc2)cc1)C(C)(C)c1ccc(O)cc1. The molecule has 4 aromatic rings. The number of rotatable bonds is 7. The van der Waals surface area contributed by atoms with Crippen LogP contribution in [0.3, 0.4) is 0 Å². The summed E-state index contributed by atoms with van der Waals surface area (Å²) in [6.45, 7) is 6.72. The first-order chi connectivity index (χ1) is 16.2. The van der Waals surface area contributed by atoms with Gasteiger partial charge in [0.2, 0.25) is 0 Å². The second-order valence-electron chi connectivity index (χ2n) is 9.67. The second kappa shape index (κ2) is 9.64. The van der Waals surface area contributed by atoms with Crippen molar-refractivity contribution < 1.29 is 15.3 Å². The predicted octanol–water partition coefficient (Wildman–Crippen LogP) is 7.26. The van der Waals surface area contributed by atoms with E-state index < -0.39 is 0 Å². The Bertz CT molecular complexity index is 1210. The lowest BCUT2D eigenvalue weighted by atomic mass is 9.71. The summed E-state index contributed by atoms with van der Waals surface area (Å²) in [6.07, 6.45) is 0.791. The number of hydrogen-bond acceptors (Lipinski definition) is 3. The fraction of sp³-hybridized carbons (Fsp3) is 0.226. The molecule has 174 valence electrons. The van der Waals surface area contributed by atoms with E-state index in [9.17, 15) is 15.3 Å². The van der Waals surface area contributed by atoms with E-state index in [1.807, 2.05) is 36.4 Å². The first-order valence-electron chi connectivity index (χ1n) is 11.7. The molecule has 3 heteroatoms. The predicted molar refractivity (Wildman–Crippen MR) is 138 cm³/mol. The van der Waals surface area contributed by atoms with E-state index >= 15 is 0 Å². The number of aromatic hydroxyl groups is 3. The van der Waals surface area contributed by atoms with E-state index in [4.69, 9.17) is 0 Å². The highest BCUT2D eigenvalue weighted by Crippen LogP contribution is 2.39. The molecule has 0 spiro atoms. The molecule has 3 N–H and O–H groups in total. The van der Waals surface area contributed by atoms with Crippen LogP contribution >= 0.6 is 0 Å². The van der Waals surface area contributed by atoms with E-state index in [2.05, 4.69) is 45.0 Å². The van der Waals surface area contributed by atoms with Crippen LogP contribution in [0.4, 0.5) is 0 Å². The lowest BCUT2D eigenvalue weighted by Crippen LogP contribution is -2.25. The molecule has 34 heavy (non-hydrogen) atoms. The highest BCUT2D eigenvalue weighted by molar-refractivity contribution is 5.41. The van der Waals surface area contributed by atoms with Crippen molar-refractivity contribution in [1.82, 2.24) is 0 Å². The maximum Gasteiger partial charge on any atom is 0.115 e. The van der Waals surface area contributed by atoms with Gasteiger partial charge in [0.15, 0.2) is 0 Å². The molecule has 0 amide bonds. The van der Waals surface area contributed by atoms with E-state index in [1.54, 1.807) is 36.4 Å². The summed E-state index contributed by atoms with van der Waals surface area (Å²) in [5.74, 6) is 1.20. The van der Waals surface area contributed by atoms with Gasteiger partial charge in [-0.05, 0) is 82.0 Å². The van der Waals surface area contributed by atoms with E-state index in [0.717, 1.165) is 17.5 Å². The zero-order valence-electron chi connectivity index (χ0n) is 19.9. The van der Waals surface area contributed by atoms with Crippen LogP contribution in [0.1, 0.15) is 60.4 Å². The van der Waals surface area contributed by atoms with Crippen LogP contribution < -0.4 is 0 Å². The van der Waals surface area contributed by atoms with Gasteiger partial charge in [-0.3, -0.25) is 0 Å². The third-order valence-electron chi connectivity index (χ3n) is 7.20. The van der Waals surface area contributed by atoms with Crippen LogP contribution in [0.15, 0.2) is 97.1 Å². The lowest BCUT2D eigenvalue weighted by Gasteiger charge is -2.33. The zero-order valence-corrected chi connectivity index (χ0v) is 19.9. The van der Waals surface area contributed by atoms with Gasteiger partial charge >= 0.3 is 0 Å². The van der Waals surface area contributed by atoms with E-state index in [0.29, 0.717) is 0 Å². The van der Waals surface area contributed by atoms with Gasteiger partial charge in [-0.1, -0.05) is 81.4 Å². The molecular formula is C31H32O3. The molecule has 0 radical (unpaired) electrons. The molecule has 2 unspecified atom stereocenters. The van der Waals surface area contributed by atoms with Gasteiger partial charge in [-0.15, -0.1) is 0 Å². The van der Waals surface area contributed by atoms with Gasteiger partial charge in [-0.25, -0.2) is 0 Å². The van der Waals surface area contributed by atoms with Gasteiger partial charge in [0, 0.05) is 5.92 Å². The minimum absolute atomic E-state index is 0.0996. The van der Waals surface area contributed by atoms with Crippen molar-refractivity contribution in [2.45, 2.75) is 44.4 Å². The van der Waals surface area contributed by atoms with E-state index in [1.165, 1.54) is 16.7 Å². The Labute approximate surface area is 202 Å². The molecule has 2 atom stereocenters. The van der Waals surface area contributed by atoms with Crippen LogP contribution in [0.2, 0.25) is 0 Å². The monoisotopic (exact) mass is 452 g/mol. The number of benzene rings is 4. The average Bonchev–Trinajstić information content (AvgIpc) is 2.84. The normalized spacial score (nSPS) is 13.4. The molecule has 3 nitrogen and oxygen atoms in total. The Morgan fingerprint density at radius 1 is 0.559 bits per heavy atom. The summed E-state index contributed by atoms with van der Waals surface area (Å²) in [5, 5.41) is 29.1. The Morgan fingerprint density at radius 2 is 0.941 bits per heavy atom. The molecule has 4 aromatic carbocycles. The molecule has 0 bridgehead atoms. The minimum Gasteiger partial charge on any atom is -0.508 e. The highest BCUT2D eigenvalue weighted by Gasteiger charge is 2.29. The molecule has 0 heterocycles. The topological polar surface area (TPSA) is 60.7 Å². The third kappa shape index (κ3) is 5.09. The van der Waals surface area contributed by atoms with Gasteiger partial charge < -0.3 is 15.3 Å². The Morgan fingerprint density at radius 3 is 1.44 bits per heavy atom. The molecule has 0 aliphatic heterocycles. The molecule has 0 aromatic heterocycles. The van der Waals surface area contributed by atoms with Crippen LogP contribution in [0.5, 0.6) is 17.2 Å². The minimum atomic E-state index is -0.0996. The van der Waals surface area contributed by atoms with Crippen molar-refractivity contribution in [3.63, 3.8) is 0 Å². The van der Waals surface area contributed by atoms with Crippen molar-refractivity contribution in [3.8, 4) is 17.2 Å². The first-order valence-corrected chi connectivity index (χ1v) is 11.7. The molecule has 4 rings (SSSR count). The standard InChI is InChI=1S/C31H32O3/c1-21(31(2,3)26-12-18-29(34)19-13-26)23-6-8-24(9-7-23)30(25-10-16-28(33)17-11-25)20-22-4-14-27(32)15-5-22/h4-19,21,30,32-34H,20H2,1-3H3. The van der Waals surface area contributed by atoms with Crippen molar-refractivity contribution in [1.29, 1.82) is 0 Å². The quantitative estimate of drug-likeness (QED) is 0.276. The van der Waals surface area contributed by atoms with Gasteiger partial charge in [0.05, 0.1) is 0 Å². The Hall–Kier alpha value is -3.72. The number of hydrogen-bond donors (Lipinski definition) is 3. The lowest BCUT2D eigenvalue weighted by molar-refractivity contribution is 0.434. The van der Waals surface area contributed by atoms with Gasteiger partial charge in [0.1, 0.15) is 17.2 Å². The van der Waals surface area contributed by atoms with Gasteiger partial charge in [-0.2, -0.15) is 0 Å². The second-order valence-corrected chi connectivity index (χ2v) is 9.67. The molecule has 0 aliphatic rings. The van der Waals surface area contributed by atoms with Crippen LogP contribution in [0.25, 0.3) is 0 Å². The zero-order chi connectivity index (χ0) is 24.3. The summed E-state index contributed by atoms with van der Waals surface area (Å²) in [5.41, 5.74) is 5.83. The highest BCUT2D eigenvalue weighted by atomic mass is 16.3. The summed E-state index contributed by atoms with van der Waals surface area (Å²) in [7, 11) is 0. The summed E-state index contributed by atoms with van der Waals surface area (Å²) < 4.78 is 0. The molecule has 0 aliphatic carbocycles. The Balaban J connectivity index is 1.63. The van der Waals surface area contributed by atoms with Crippen molar-refractivity contribution in [2.24, 2.45) is 0 Å². The van der Waals surface area contributed by atoms with Crippen LogP contribution in [-0.2, 0) is 11.8 Å². The summed E-state index contributed by atoms with van der Waals surface area (Å²) >= 11 is 0. The molecular weight excluding hydrogens is 420 g/mol. The molecule has 0 fully saturated rings. The van der Waals surface area contributed by atoms with E-state index in [-0.39, 0.29) is 34.5 Å². The number of phenolic OH excluding ortho intramolecular Hbond substituents is 3. The van der Waals surface area contributed by atoms with Crippen molar-refractivity contribution in [2.75, 3.05) is 0 Å². The van der Waals surface area contributed by atoms with Crippen LogP contribution in [0, 0.1) is 0 Å². The summed E-state index contributed by atoms with van der Waals surface area (Å²) in [6, 6.07) is 31.1. The van der Waals surface area contributed by atoms with Gasteiger partial charge in [0.25, 0.3) is 0 Å². The average molecular weight is 453 g/mol. The maximum atomic E-state index is 9.77.